The molecule has 0 amide bonds. The normalized spacial score (nSPS) is 25.9. The van der Waals surface area contributed by atoms with Crippen molar-refractivity contribution < 1.29 is 0 Å². The highest BCUT2D eigenvalue weighted by molar-refractivity contribution is 7.14. The van der Waals surface area contributed by atoms with Crippen molar-refractivity contribution >= 4 is 17.3 Å². The van der Waals surface area contributed by atoms with E-state index in [0.717, 1.165) is 47.2 Å². The number of piperidine rings is 1. The molecule has 2 aromatic rings. The molecule has 20 heavy (non-hydrogen) atoms. The van der Waals surface area contributed by atoms with E-state index in [1.54, 1.807) is 11.3 Å². The number of hydrogen-bond donors (Lipinski definition) is 2. The first kappa shape index (κ1) is 12.3. The summed E-state index contributed by atoms with van der Waals surface area (Å²) in [5.41, 5.74) is 0. The summed E-state index contributed by atoms with van der Waals surface area (Å²) in [5.74, 6) is 2.42. The van der Waals surface area contributed by atoms with Crippen LogP contribution < -0.4 is 10.2 Å². The number of fused-ring (bicyclic) bond motifs is 1. The molecular formula is C13H18N6S. The molecule has 0 radical (unpaired) electrons. The summed E-state index contributed by atoms with van der Waals surface area (Å²) in [6, 6.07) is 0.551. The van der Waals surface area contributed by atoms with Crippen LogP contribution >= 0.6 is 11.3 Å². The Bertz CT molecular complexity index is 606. The van der Waals surface area contributed by atoms with Gasteiger partial charge in [-0.1, -0.05) is 0 Å². The zero-order chi connectivity index (χ0) is 13.5. The minimum atomic E-state index is 0.551. The minimum absolute atomic E-state index is 0.551. The number of H-pyrrole nitrogens is 1. The molecule has 0 saturated carbocycles. The maximum Gasteiger partial charge on any atom is 0.245 e. The molecule has 2 unspecified atom stereocenters. The van der Waals surface area contributed by atoms with Crippen molar-refractivity contribution in [2.45, 2.75) is 25.8 Å². The number of nitrogens with one attached hydrogen (secondary N) is 2. The van der Waals surface area contributed by atoms with Crippen molar-refractivity contribution in [2.75, 3.05) is 24.5 Å². The average molecular weight is 290 g/mol. The summed E-state index contributed by atoms with van der Waals surface area (Å²) in [5, 5.41) is 12.0. The first-order valence-electron chi connectivity index (χ1n) is 7.14. The lowest BCUT2D eigenvalue weighted by atomic mass is 9.92. The molecule has 4 rings (SSSR count). The van der Waals surface area contributed by atoms with E-state index in [1.165, 1.54) is 12.8 Å². The summed E-state index contributed by atoms with van der Waals surface area (Å²) in [4.78, 5) is 12.4. The standard InChI is InChI=1S/C13H18N6S/c1-8-15-7-11(20-8)12-16-13(18-17-12)19-4-2-3-9-5-14-6-10(9)19/h7,9-10,14H,2-6H2,1H3,(H,16,17,18). The predicted molar refractivity (Wildman–Crippen MR) is 79.0 cm³/mol. The number of hydrogen-bond acceptors (Lipinski definition) is 6. The number of thiazole rings is 1. The van der Waals surface area contributed by atoms with E-state index in [1.807, 2.05) is 13.1 Å². The Kier molecular flexibility index (Phi) is 2.96. The van der Waals surface area contributed by atoms with Crippen molar-refractivity contribution in [1.29, 1.82) is 0 Å². The predicted octanol–water partition coefficient (Wildman–Crippen LogP) is 1.42. The van der Waals surface area contributed by atoms with Crippen LogP contribution in [0.1, 0.15) is 17.8 Å². The van der Waals surface area contributed by atoms with Gasteiger partial charge >= 0.3 is 0 Å². The van der Waals surface area contributed by atoms with Gasteiger partial charge in [-0.15, -0.1) is 16.4 Å². The zero-order valence-electron chi connectivity index (χ0n) is 11.5. The molecule has 6 nitrogen and oxygen atoms in total. The van der Waals surface area contributed by atoms with E-state index in [9.17, 15) is 0 Å². The highest BCUT2D eigenvalue weighted by atomic mass is 32.1. The fourth-order valence-electron chi connectivity index (χ4n) is 3.28. The maximum absolute atomic E-state index is 4.68. The average Bonchev–Trinajstić information content (AvgIpc) is 3.17. The molecule has 2 aliphatic rings. The van der Waals surface area contributed by atoms with Crippen LogP contribution in [0.2, 0.25) is 0 Å². The van der Waals surface area contributed by atoms with Crippen LogP contribution in [0.4, 0.5) is 5.95 Å². The van der Waals surface area contributed by atoms with Crippen molar-refractivity contribution in [3.8, 4) is 10.7 Å². The third-order valence-electron chi connectivity index (χ3n) is 4.26. The number of aryl methyl sites for hydroxylation is 1. The largest absolute Gasteiger partial charge is 0.335 e. The highest BCUT2D eigenvalue weighted by Crippen LogP contribution is 2.30. The van der Waals surface area contributed by atoms with Crippen molar-refractivity contribution in [1.82, 2.24) is 25.5 Å². The number of aromatic nitrogens is 4. The first-order chi connectivity index (χ1) is 9.81. The molecule has 0 bridgehead atoms. The molecule has 0 aliphatic carbocycles. The van der Waals surface area contributed by atoms with E-state index in [4.69, 9.17) is 0 Å². The van der Waals surface area contributed by atoms with Gasteiger partial charge < -0.3 is 10.2 Å². The molecule has 0 aromatic carbocycles. The van der Waals surface area contributed by atoms with Crippen molar-refractivity contribution in [3.05, 3.63) is 11.2 Å². The van der Waals surface area contributed by atoms with Crippen LogP contribution in [-0.4, -0.2) is 45.8 Å². The van der Waals surface area contributed by atoms with Gasteiger partial charge in [0.15, 0.2) is 5.82 Å². The monoisotopic (exact) mass is 290 g/mol. The van der Waals surface area contributed by atoms with Gasteiger partial charge in [-0.05, 0) is 25.7 Å². The summed E-state index contributed by atoms with van der Waals surface area (Å²) in [7, 11) is 0. The van der Waals surface area contributed by atoms with Gasteiger partial charge in [-0.2, -0.15) is 4.98 Å². The fraction of sp³-hybridized carbons (Fsp3) is 0.615. The summed E-state index contributed by atoms with van der Waals surface area (Å²) < 4.78 is 0. The molecule has 2 N–H and O–H groups in total. The Morgan fingerprint density at radius 3 is 3.20 bits per heavy atom. The molecule has 2 aromatic heterocycles. The third-order valence-corrected chi connectivity index (χ3v) is 5.18. The number of nitrogens with zero attached hydrogens (tertiary/aromatic N) is 4. The summed E-state index contributed by atoms with van der Waals surface area (Å²) >= 11 is 1.64. The Morgan fingerprint density at radius 2 is 2.35 bits per heavy atom. The Labute approximate surface area is 121 Å². The third kappa shape index (κ3) is 2.01. The van der Waals surface area contributed by atoms with Crippen LogP contribution in [0.15, 0.2) is 6.20 Å². The van der Waals surface area contributed by atoms with Crippen LogP contribution in [-0.2, 0) is 0 Å². The van der Waals surface area contributed by atoms with Gasteiger partial charge in [0.05, 0.1) is 9.88 Å². The Morgan fingerprint density at radius 1 is 1.40 bits per heavy atom. The quantitative estimate of drug-likeness (QED) is 0.875. The van der Waals surface area contributed by atoms with Gasteiger partial charge in [0.25, 0.3) is 0 Å². The van der Waals surface area contributed by atoms with Crippen LogP contribution in [0.5, 0.6) is 0 Å². The molecule has 2 aliphatic heterocycles. The van der Waals surface area contributed by atoms with Crippen molar-refractivity contribution in [3.63, 3.8) is 0 Å². The lowest BCUT2D eigenvalue weighted by Crippen LogP contribution is -2.45. The van der Waals surface area contributed by atoms with Crippen LogP contribution in [0, 0.1) is 12.8 Å². The van der Waals surface area contributed by atoms with E-state index in [-0.39, 0.29) is 0 Å². The van der Waals surface area contributed by atoms with Crippen LogP contribution in [0.25, 0.3) is 10.7 Å². The van der Waals surface area contributed by atoms with Crippen molar-refractivity contribution in [2.24, 2.45) is 5.92 Å². The molecule has 0 spiro atoms. The summed E-state index contributed by atoms with van der Waals surface area (Å²) in [6.07, 6.45) is 4.41. The van der Waals surface area contributed by atoms with Gasteiger partial charge in [-0.3, -0.25) is 5.10 Å². The summed E-state index contributed by atoms with van der Waals surface area (Å²) in [6.45, 7) is 5.24. The van der Waals surface area contributed by atoms with Crippen LogP contribution in [0.3, 0.4) is 0 Å². The number of anilines is 1. The fourth-order valence-corrected chi connectivity index (χ4v) is 4.00. The smallest absolute Gasteiger partial charge is 0.245 e. The van der Waals surface area contributed by atoms with E-state index >= 15 is 0 Å². The second-order valence-electron chi connectivity index (χ2n) is 5.55. The van der Waals surface area contributed by atoms with Gasteiger partial charge in [-0.25, -0.2) is 4.98 Å². The van der Waals surface area contributed by atoms with Gasteiger partial charge in [0.2, 0.25) is 5.95 Å². The zero-order valence-corrected chi connectivity index (χ0v) is 12.3. The topological polar surface area (TPSA) is 69.7 Å². The SMILES string of the molecule is Cc1ncc(-c2nc(N3CCCC4CNCC43)n[nH]2)s1. The molecule has 2 saturated heterocycles. The molecule has 106 valence electrons. The van der Waals surface area contributed by atoms with Gasteiger partial charge in [0, 0.05) is 31.9 Å². The second kappa shape index (κ2) is 4.82. The Balaban J connectivity index is 1.61. The van der Waals surface area contributed by atoms with E-state index < -0.39 is 0 Å². The number of aromatic amines is 1. The lowest BCUT2D eigenvalue weighted by Gasteiger charge is -2.36. The second-order valence-corrected chi connectivity index (χ2v) is 6.78. The molecule has 2 fully saturated rings. The molecule has 2 atom stereocenters. The molecule has 4 heterocycles. The maximum atomic E-state index is 4.68. The molecule has 7 heteroatoms. The van der Waals surface area contributed by atoms with Gasteiger partial charge in [0.1, 0.15) is 0 Å². The lowest BCUT2D eigenvalue weighted by molar-refractivity contribution is 0.381. The highest BCUT2D eigenvalue weighted by Gasteiger charge is 2.36. The first-order valence-corrected chi connectivity index (χ1v) is 7.95. The number of rotatable bonds is 2. The molecular weight excluding hydrogens is 272 g/mol. The van der Waals surface area contributed by atoms with E-state index in [2.05, 4.69) is 30.4 Å². The minimum Gasteiger partial charge on any atom is -0.335 e. The van der Waals surface area contributed by atoms with E-state index in [0.29, 0.717) is 6.04 Å². The Hall–Kier alpha value is -1.47.